The van der Waals surface area contributed by atoms with Gasteiger partial charge in [-0.15, -0.1) is 0 Å². The predicted octanol–water partition coefficient (Wildman–Crippen LogP) is 3.33. The van der Waals surface area contributed by atoms with Crippen molar-refractivity contribution in [3.63, 3.8) is 0 Å². The van der Waals surface area contributed by atoms with E-state index in [1.807, 2.05) is 6.07 Å². The largest absolute Gasteiger partial charge is 0.493 e. The summed E-state index contributed by atoms with van der Waals surface area (Å²) < 4.78 is 17.1. The Morgan fingerprint density at radius 1 is 1.04 bits per heavy atom. The molecule has 0 aliphatic carbocycles. The third-order valence-corrected chi connectivity index (χ3v) is 4.86. The highest BCUT2D eigenvalue weighted by molar-refractivity contribution is 5.50. The Bertz CT molecular complexity index is 701. The van der Waals surface area contributed by atoms with E-state index < -0.39 is 0 Å². The average molecular weight is 311 g/mol. The highest BCUT2D eigenvalue weighted by atomic mass is 16.5. The van der Waals surface area contributed by atoms with E-state index in [0.29, 0.717) is 6.73 Å². The van der Waals surface area contributed by atoms with Gasteiger partial charge in [-0.05, 0) is 35.2 Å². The number of nitrogens with zero attached hydrogens (tertiary/aromatic N) is 1. The molecule has 0 saturated carbocycles. The van der Waals surface area contributed by atoms with Crippen molar-refractivity contribution in [1.82, 2.24) is 4.90 Å². The Morgan fingerprint density at radius 2 is 1.78 bits per heavy atom. The summed E-state index contributed by atoms with van der Waals surface area (Å²) in [6.07, 6.45) is 1.07. The van der Waals surface area contributed by atoms with Gasteiger partial charge in [-0.2, -0.15) is 0 Å². The van der Waals surface area contributed by atoms with E-state index in [0.717, 1.165) is 24.5 Å². The van der Waals surface area contributed by atoms with Gasteiger partial charge in [0.25, 0.3) is 0 Å². The highest BCUT2D eigenvalue weighted by Crippen LogP contribution is 2.47. The molecular formula is C19H21NO3. The van der Waals surface area contributed by atoms with Crippen LogP contribution in [0.25, 0.3) is 0 Å². The molecule has 4 nitrogen and oxygen atoms in total. The van der Waals surface area contributed by atoms with E-state index in [2.05, 4.69) is 41.3 Å². The predicted molar refractivity (Wildman–Crippen MR) is 87.8 cm³/mol. The standard InChI is InChI=1S/C19H21NO3/c1-21-16-10-14-8-9-20-12-23-19(13-6-4-3-5-7-13)18(20)15(14)11-17(16)22-2/h3-7,10-11,18-19H,8-9,12H2,1-2H3. The maximum Gasteiger partial charge on any atom is 0.161 e. The molecule has 0 amide bonds. The van der Waals surface area contributed by atoms with Crippen LogP contribution in [0, 0.1) is 0 Å². The van der Waals surface area contributed by atoms with E-state index in [4.69, 9.17) is 14.2 Å². The van der Waals surface area contributed by atoms with Crippen LogP contribution >= 0.6 is 0 Å². The second-order valence-electron chi connectivity index (χ2n) is 6.04. The third-order valence-electron chi connectivity index (χ3n) is 4.86. The molecule has 4 heteroatoms. The molecule has 2 aromatic carbocycles. The Morgan fingerprint density at radius 3 is 2.52 bits per heavy atom. The fraction of sp³-hybridized carbons (Fsp3) is 0.368. The van der Waals surface area contributed by atoms with Gasteiger partial charge in [0.15, 0.2) is 11.5 Å². The number of fused-ring (bicyclic) bond motifs is 3. The Labute approximate surface area is 136 Å². The molecule has 0 N–H and O–H groups in total. The number of methoxy groups -OCH3 is 2. The zero-order valence-electron chi connectivity index (χ0n) is 13.5. The van der Waals surface area contributed by atoms with Crippen LogP contribution < -0.4 is 9.47 Å². The van der Waals surface area contributed by atoms with Crippen molar-refractivity contribution in [3.05, 3.63) is 59.2 Å². The van der Waals surface area contributed by atoms with Gasteiger partial charge >= 0.3 is 0 Å². The summed E-state index contributed by atoms with van der Waals surface area (Å²) in [7, 11) is 3.37. The SMILES string of the molecule is COc1cc2c(cc1OC)C1C(c3ccccc3)OCN1CC2. The summed E-state index contributed by atoms with van der Waals surface area (Å²) in [6, 6.07) is 14.9. The second-order valence-corrected chi connectivity index (χ2v) is 6.04. The topological polar surface area (TPSA) is 30.9 Å². The zero-order valence-corrected chi connectivity index (χ0v) is 13.5. The molecule has 2 atom stereocenters. The van der Waals surface area contributed by atoms with Crippen LogP contribution in [-0.4, -0.2) is 32.4 Å². The first-order chi connectivity index (χ1) is 11.3. The van der Waals surface area contributed by atoms with Crippen LogP contribution in [0.15, 0.2) is 42.5 Å². The Balaban J connectivity index is 1.79. The lowest BCUT2D eigenvalue weighted by molar-refractivity contribution is 0.0894. The smallest absolute Gasteiger partial charge is 0.161 e. The average Bonchev–Trinajstić information content (AvgIpc) is 3.05. The summed E-state index contributed by atoms with van der Waals surface area (Å²) in [5.41, 5.74) is 3.85. The summed E-state index contributed by atoms with van der Waals surface area (Å²) >= 11 is 0. The summed E-state index contributed by atoms with van der Waals surface area (Å²) in [5.74, 6) is 1.58. The first kappa shape index (κ1) is 14.5. The molecule has 2 aliphatic heterocycles. The quantitative estimate of drug-likeness (QED) is 0.870. The molecule has 0 spiro atoms. The summed E-state index contributed by atoms with van der Waals surface area (Å²) in [5, 5.41) is 0. The summed E-state index contributed by atoms with van der Waals surface area (Å²) in [6.45, 7) is 1.69. The minimum Gasteiger partial charge on any atom is -0.493 e. The molecule has 1 fully saturated rings. The summed E-state index contributed by atoms with van der Waals surface area (Å²) in [4.78, 5) is 2.41. The number of benzene rings is 2. The minimum absolute atomic E-state index is 0.0633. The fourth-order valence-electron chi connectivity index (χ4n) is 3.72. The lowest BCUT2D eigenvalue weighted by Crippen LogP contribution is -2.32. The number of ether oxygens (including phenoxy) is 3. The van der Waals surface area contributed by atoms with Gasteiger partial charge in [0, 0.05) is 6.54 Å². The molecule has 0 aromatic heterocycles. The molecule has 0 radical (unpaired) electrons. The molecule has 0 bridgehead atoms. The monoisotopic (exact) mass is 311 g/mol. The lowest BCUT2D eigenvalue weighted by atomic mass is 9.87. The highest BCUT2D eigenvalue weighted by Gasteiger charge is 2.41. The van der Waals surface area contributed by atoms with Crippen LogP contribution in [-0.2, 0) is 11.2 Å². The molecule has 2 aromatic rings. The van der Waals surface area contributed by atoms with Gasteiger partial charge in [0.05, 0.1) is 20.3 Å². The van der Waals surface area contributed by atoms with Crippen LogP contribution in [0.4, 0.5) is 0 Å². The fourth-order valence-corrected chi connectivity index (χ4v) is 3.72. The maximum absolute atomic E-state index is 6.13. The van der Waals surface area contributed by atoms with Crippen molar-refractivity contribution in [3.8, 4) is 11.5 Å². The van der Waals surface area contributed by atoms with Crippen LogP contribution in [0.3, 0.4) is 0 Å². The molecular weight excluding hydrogens is 290 g/mol. The van der Waals surface area contributed by atoms with Gasteiger partial charge in [-0.3, -0.25) is 4.90 Å². The van der Waals surface area contributed by atoms with Crippen molar-refractivity contribution < 1.29 is 14.2 Å². The first-order valence-corrected chi connectivity index (χ1v) is 7.97. The lowest BCUT2D eigenvalue weighted by Gasteiger charge is -2.33. The molecule has 2 aliphatic rings. The molecule has 2 heterocycles. The molecule has 4 rings (SSSR count). The van der Waals surface area contributed by atoms with Crippen molar-refractivity contribution in [2.75, 3.05) is 27.5 Å². The van der Waals surface area contributed by atoms with Crippen LogP contribution in [0.2, 0.25) is 0 Å². The van der Waals surface area contributed by atoms with Crippen molar-refractivity contribution in [2.45, 2.75) is 18.6 Å². The van der Waals surface area contributed by atoms with Crippen molar-refractivity contribution in [2.24, 2.45) is 0 Å². The van der Waals surface area contributed by atoms with Crippen LogP contribution in [0.5, 0.6) is 11.5 Å². The van der Waals surface area contributed by atoms with E-state index in [1.165, 1.54) is 16.7 Å². The van der Waals surface area contributed by atoms with Crippen molar-refractivity contribution in [1.29, 1.82) is 0 Å². The van der Waals surface area contributed by atoms with E-state index in [9.17, 15) is 0 Å². The Kier molecular flexibility index (Phi) is 3.71. The third kappa shape index (κ3) is 2.38. The van der Waals surface area contributed by atoms with Crippen molar-refractivity contribution >= 4 is 0 Å². The Hall–Kier alpha value is -2.04. The van der Waals surface area contributed by atoms with Gasteiger partial charge < -0.3 is 14.2 Å². The van der Waals surface area contributed by atoms with Gasteiger partial charge in [0.1, 0.15) is 12.8 Å². The zero-order chi connectivity index (χ0) is 15.8. The first-order valence-electron chi connectivity index (χ1n) is 7.97. The molecule has 23 heavy (non-hydrogen) atoms. The van der Waals surface area contributed by atoms with E-state index in [-0.39, 0.29) is 12.1 Å². The van der Waals surface area contributed by atoms with E-state index >= 15 is 0 Å². The number of rotatable bonds is 3. The number of hydrogen-bond donors (Lipinski definition) is 0. The van der Waals surface area contributed by atoms with E-state index in [1.54, 1.807) is 14.2 Å². The normalized spacial score (nSPS) is 23.2. The molecule has 2 unspecified atom stereocenters. The maximum atomic E-state index is 6.13. The van der Waals surface area contributed by atoms with Gasteiger partial charge in [-0.1, -0.05) is 30.3 Å². The second kappa shape index (κ2) is 5.87. The molecule has 1 saturated heterocycles. The van der Waals surface area contributed by atoms with Gasteiger partial charge in [0.2, 0.25) is 0 Å². The van der Waals surface area contributed by atoms with Gasteiger partial charge in [-0.25, -0.2) is 0 Å². The van der Waals surface area contributed by atoms with Crippen LogP contribution in [0.1, 0.15) is 28.8 Å². The minimum atomic E-state index is 0.0633. The molecule has 120 valence electrons. The number of hydrogen-bond acceptors (Lipinski definition) is 4.